The standard InChI is InChI=1S/C24H26N6O5/c1-4-10-30-20(25)19(21(31)27-24(30)33)29(11-12-34-3)23(32)16-13-17(15-8-6-5-7-9-15)26-22-18(16)14(2)28-35-22/h5-9,13H,4,10-12,25H2,1-3H3,(H,27,31,33). The number of aromatic amines is 1. The van der Waals surface area contributed by atoms with E-state index in [1.165, 1.54) is 16.6 Å². The first-order valence-electron chi connectivity index (χ1n) is 11.1. The lowest BCUT2D eigenvalue weighted by Gasteiger charge is -2.24. The Morgan fingerprint density at radius 1 is 1.26 bits per heavy atom. The molecular formula is C24H26N6O5. The summed E-state index contributed by atoms with van der Waals surface area (Å²) in [6.45, 7) is 4.00. The average molecular weight is 479 g/mol. The number of aryl methyl sites for hydroxylation is 1. The lowest BCUT2D eigenvalue weighted by atomic mass is 10.0. The fourth-order valence-corrected chi connectivity index (χ4v) is 3.95. The van der Waals surface area contributed by atoms with Crippen molar-refractivity contribution >= 4 is 28.5 Å². The molecule has 0 saturated heterocycles. The number of fused-ring (bicyclic) bond motifs is 1. The molecule has 0 aliphatic rings. The van der Waals surface area contributed by atoms with Crippen LogP contribution in [-0.2, 0) is 11.3 Å². The monoisotopic (exact) mass is 478 g/mol. The van der Waals surface area contributed by atoms with Gasteiger partial charge in [-0.05, 0) is 19.4 Å². The van der Waals surface area contributed by atoms with Gasteiger partial charge < -0.3 is 15.0 Å². The summed E-state index contributed by atoms with van der Waals surface area (Å²) in [6, 6.07) is 10.9. The Balaban J connectivity index is 1.94. The van der Waals surface area contributed by atoms with Crippen LogP contribution in [0.2, 0.25) is 0 Å². The van der Waals surface area contributed by atoms with Crippen LogP contribution in [0.5, 0.6) is 0 Å². The molecule has 11 nitrogen and oxygen atoms in total. The van der Waals surface area contributed by atoms with Crippen molar-refractivity contribution in [3.8, 4) is 11.3 Å². The number of methoxy groups -OCH3 is 1. The lowest BCUT2D eigenvalue weighted by Crippen LogP contribution is -2.42. The molecule has 35 heavy (non-hydrogen) atoms. The first-order chi connectivity index (χ1) is 16.9. The molecule has 0 spiro atoms. The van der Waals surface area contributed by atoms with Crippen LogP contribution in [-0.4, -0.2) is 45.9 Å². The van der Waals surface area contributed by atoms with E-state index in [0.29, 0.717) is 23.2 Å². The molecule has 0 atom stereocenters. The van der Waals surface area contributed by atoms with Crippen molar-refractivity contribution < 1.29 is 14.1 Å². The van der Waals surface area contributed by atoms with Crippen molar-refractivity contribution in [3.63, 3.8) is 0 Å². The summed E-state index contributed by atoms with van der Waals surface area (Å²) in [6.07, 6.45) is 0.604. The van der Waals surface area contributed by atoms with Crippen molar-refractivity contribution in [3.05, 3.63) is 68.5 Å². The highest BCUT2D eigenvalue weighted by Gasteiger charge is 2.28. The number of ether oxygens (including phenoxy) is 1. The Kier molecular flexibility index (Phi) is 6.78. The molecule has 3 N–H and O–H groups in total. The Hall–Kier alpha value is -4.25. The van der Waals surface area contributed by atoms with Gasteiger partial charge in [0.25, 0.3) is 17.2 Å². The zero-order valence-corrected chi connectivity index (χ0v) is 19.7. The highest BCUT2D eigenvalue weighted by atomic mass is 16.5. The summed E-state index contributed by atoms with van der Waals surface area (Å²) in [7, 11) is 1.48. The summed E-state index contributed by atoms with van der Waals surface area (Å²) in [4.78, 5) is 47.3. The predicted molar refractivity (Wildman–Crippen MR) is 132 cm³/mol. The number of amides is 1. The number of benzene rings is 1. The second kappa shape index (κ2) is 9.94. The molecule has 1 aromatic carbocycles. The summed E-state index contributed by atoms with van der Waals surface area (Å²) in [5.74, 6) is -0.627. The third-order valence-corrected chi connectivity index (χ3v) is 5.61. The zero-order chi connectivity index (χ0) is 25.1. The Morgan fingerprint density at radius 2 is 2.00 bits per heavy atom. The van der Waals surface area contributed by atoms with Gasteiger partial charge in [-0.15, -0.1) is 0 Å². The molecule has 4 rings (SSSR count). The number of rotatable bonds is 8. The first-order valence-corrected chi connectivity index (χ1v) is 11.1. The molecule has 0 aliphatic heterocycles. The average Bonchev–Trinajstić information content (AvgIpc) is 3.24. The predicted octanol–water partition coefficient (Wildman–Crippen LogP) is 2.33. The van der Waals surface area contributed by atoms with Crippen LogP contribution in [0.4, 0.5) is 11.5 Å². The normalized spacial score (nSPS) is 11.2. The summed E-state index contributed by atoms with van der Waals surface area (Å²) in [5, 5.41) is 4.41. The van der Waals surface area contributed by atoms with Gasteiger partial charge in [-0.1, -0.05) is 42.4 Å². The second-order valence-electron chi connectivity index (χ2n) is 7.96. The maximum absolute atomic E-state index is 14.0. The Morgan fingerprint density at radius 3 is 2.69 bits per heavy atom. The smallest absolute Gasteiger partial charge is 0.330 e. The molecule has 0 unspecified atom stereocenters. The van der Waals surface area contributed by atoms with Crippen LogP contribution < -0.4 is 21.9 Å². The largest absolute Gasteiger partial charge is 0.383 e. The number of nitrogens with zero attached hydrogens (tertiary/aromatic N) is 4. The Labute approximate surface area is 200 Å². The minimum absolute atomic E-state index is 0.0156. The number of pyridine rings is 1. The van der Waals surface area contributed by atoms with E-state index in [9.17, 15) is 14.4 Å². The van der Waals surface area contributed by atoms with Gasteiger partial charge in [-0.3, -0.25) is 24.0 Å². The van der Waals surface area contributed by atoms with Gasteiger partial charge in [-0.2, -0.15) is 0 Å². The van der Waals surface area contributed by atoms with Crippen molar-refractivity contribution in [1.29, 1.82) is 0 Å². The molecule has 11 heteroatoms. The number of H-pyrrole nitrogens is 1. The zero-order valence-electron chi connectivity index (χ0n) is 19.7. The van der Waals surface area contributed by atoms with Gasteiger partial charge in [0.05, 0.1) is 28.9 Å². The van der Waals surface area contributed by atoms with E-state index in [2.05, 4.69) is 15.1 Å². The van der Waals surface area contributed by atoms with E-state index in [1.807, 2.05) is 37.3 Å². The first kappa shape index (κ1) is 23.9. The summed E-state index contributed by atoms with van der Waals surface area (Å²) >= 11 is 0. The van der Waals surface area contributed by atoms with Gasteiger partial charge in [0.15, 0.2) is 5.69 Å². The van der Waals surface area contributed by atoms with E-state index in [1.54, 1.807) is 13.0 Å². The fraction of sp³-hybridized carbons (Fsp3) is 0.292. The second-order valence-corrected chi connectivity index (χ2v) is 7.96. The molecule has 0 fully saturated rings. The van der Waals surface area contributed by atoms with Crippen LogP contribution >= 0.6 is 0 Å². The summed E-state index contributed by atoms with van der Waals surface area (Å²) in [5.41, 5.74) is 6.92. The molecule has 3 aromatic heterocycles. The topological polar surface area (TPSA) is 149 Å². The van der Waals surface area contributed by atoms with E-state index in [0.717, 1.165) is 5.56 Å². The Bertz CT molecular complexity index is 1490. The maximum atomic E-state index is 14.0. The highest BCUT2D eigenvalue weighted by molar-refractivity contribution is 6.14. The van der Waals surface area contributed by atoms with E-state index >= 15 is 0 Å². The SMILES string of the molecule is CCCn1c(N)c(N(CCOC)C(=O)c2cc(-c3ccccc3)nc3onc(C)c23)c(=O)[nH]c1=O. The van der Waals surface area contributed by atoms with Crippen LogP contribution in [0, 0.1) is 6.92 Å². The van der Waals surface area contributed by atoms with Gasteiger partial charge in [0.1, 0.15) is 5.82 Å². The number of carbonyl (C=O) groups is 1. The van der Waals surface area contributed by atoms with Crippen molar-refractivity contribution in [2.75, 3.05) is 30.9 Å². The van der Waals surface area contributed by atoms with Gasteiger partial charge >= 0.3 is 5.69 Å². The molecule has 4 aromatic rings. The van der Waals surface area contributed by atoms with E-state index in [-0.39, 0.29) is 42.5 Å². The third-order valence-electron chi connectivity index (χ3n) is 5.61. The number of nitrogens with two attached hydrogens (primary N) is 1. The number of aromatic nitrogens is 4. The number of nitrogen functional groups attached to an aromatic ring is 1. The number of hydrogen-bond acceptors (Lipinski definition) is 8. The molecule has 0 saturated carbocycles. The van der Waals surface area contributed by atoms with E-state index < -0.39 is 17.2 Å². The van der Waals surface area contributed by atoms with Crippen molar-refractivity contribution in [2.24, 2.45) is 0 Å². The van der Waals surface area contributed by atoms with Crippen molar-refractivity contribution in [1.82, 2.24) is 19.7 Å². The fourth-order valence-electron chi connectivity index (χ4n) is 3.95. The van der Waals surface area contributed by atoms with Gasteiger partial charge in [0.2, 0.25) is 0 Å². The number of nitrogens with one attached hydrogen (secondary N) is 1. The lowest BCUT2D eigenvalue weighted by molar-refractivity contribution is 0.0977. The van der Waals surface area contributed by atoms with Crippen LogP contribution in [0.3, 0.4) is 0 Å². The molecular weight excluding hydrogens is 452 g/mol. The quantitative estimate of drug-likeness (QED) is 0.392. The number of hydrogen-bond donors (Lipinski definition) is 2. The summed E-state index contributed by atoms with van der Waals surface area (Å²) < 4.78 is 11.8. The van der Waals surface area contributed by atoms with Crippen LogP contribution in [0.1, 0.15) is 29.4 Å². The number of carbonyl (C=O) groups excluding carboxylic acids is 1. The maximum Gasteiger partial charge on any atom is 0.330 e. The van der Waals surface area contributed by atoms with Gasteiger partial charge in [0, 0.05) is 25.8 Å². The van der Waals surface area contributed by atoms with Crippen molar-refractivity contribution in [2.45, 2.75) is 26.8 Å². The minimum Gasteiger partial charge on any atom is -0.383 e. The van der Waals surface area contributed by atoms with E-state index in [4.69, 9.17) is 15.0 Å². The molecule has 1 amide bonds. The molecule has 182 valence electrons. The molecule has 0 radical (unpaired) electrons. The highest BCUT2D eigenvalue weighted by Crippen LogP contribution is 2.29. The molecule has 0 bridgehead atoms. The third kappa shape index (κ3) is 4.45. The van der Waals surface area contributed by atoms with Crippen LogP contribution in [0.15, 0.2) is 50.5 Å². The van der Waals surface area contributed by atoms with Crippen LogP contribution in [0.25, 0.3) is 22.4 Å². The molecule has 3 heterocycles. The minimum atomic E-state index is -0.764. The van der Waals surface area contributed by atoms with Gasteiger partial charge in [-0.25, -0.2) is 9.78 Å². The molecule has 0 aliphatic carbocycles. The number of anilines is 2.